The lowest BCUT2D eigenvalue weighted by atomic mass is 9.90. The Morgan fingerprint density at radius 2 is 1.14 bits per heavy atom. The lowest BCUT2D eigenvalue weighted by Crippen LogP contribution is -1.95. The minimum Gasteiger partial charge on any atom is -0.506 e. The lowest BCUT2D eigenvalue weighted by molar-refractivity contribution is 0.477. The van der Waals surface area contributed by atoms with E-state index in [1.165, 1.54) is 0 Å². The van der Waals surface area contributed by atoms with Gasteiger partial charge in [0.25, 0.3) is 0 Å². The third-order valence-electron chi connectivity index (χ3n) is 3.82. The molecule has 0 radical (unpaired) electrons. The standard InChI is InChI=1S/C18H22N2O2/c1-3-13(11-5-7-17(21)15(19)9-11)14(4-2)12-6-8-18(22)16(20)10-12/h5-10,21-22H,3-4,19-20H2,1-2H3/b14-13+. The summed E-state index contributed by atoms with van der Waals surface area (Å²) in [5.41, 5.74) is 16.6. The highest BCUT2D eigenvalue weighted by Gasteiger charge is 2.11. The zero-order chi connectivity index (χ0) is 16.3. The Labute approximate surface area is 130 Å². The maximum absolute atomic E-state index is 9.59. The van der Waals surface area contributed by atoms with E-state index in [1.807, 2.05) is 12.1 Å². The molecule has 0 aromatic heterocycles. The Morgan fingerprint density at radius 3 is 1.41 bits per heavy atom. The van der Waals surface area contributed by atoms with Gasteiger partial charge >= 0.3 is 0 Å². The van der Waals surface area contributed by atoms with Crippen molar-refractivity contribution in [3.8, 4) is 11.5 Å². The van der Waals surface area contributed by atoms with Crippen molar-refractivity contribution < 1.29 is 10.2 Å². The van der Waals surface area contributed by atoms with Crippen LogP contribution in [0, 0.1) is 0 Å². The van der Waals surface area contributed by atoms with Crippen LogP contribution in [0.25, 0.3) is 11.1 Å². The molecule has 22 heavy (non-hydrogen) atoms. The van der Waals surface area contributed by atoms with E-state index >= 15 is 0 Å². The molecule has 0 saturated carbocycles. The Hall–Kier alpha value is -2.62. The first-order chi connectivity index (χ1) is 10.5. The van der Waals surface area contributed by atoms with Crippen molar-refractivity contribution in [2.24, 2.45) is 0 Å². The summed E-state index contributed by atoms with van der Waals surface area (Å²) in [5.74, 6) is 0.178. The highest BCUT2D eigenvalue weighted by atomic mass is 16.3. The zero-order valence-corrected chi connectivity index (χ0v) is 12.9. The van der Waals surface area contributed by atoms with E-state index in [0.717, 1.165) is 35.1 Å². The van der Waals surface area contributed by atoms with E-state index in [4.69, 9.17) is 11.5 Å². The van der Waals surface area contributed by atoms with Gasteiger partial charge in [0.05, 0.1) is 11.4 Å². The number of nitrogens with two attached hydrogens (primary N) is 2. The molecular weight excluding hydrogens is 276 g/mol. The van der Waals surface area contributed by atoms with Crippen molar-refractivity contribution in [1.82, 2.24) is 0 Å². The van der Waals surface area contributed by atoms with Crippen LogP contribution >= 0.6 is 0 Å². The third-order valence-corrected chi connectivity index (χ3v) is 3.82. The van der Waals surface area contributed by atoms with Crippen LogP contribution in [-0.2, 0) is 0 Å². The van der Waals surface area contributed by atoms with E-state index in [1.54, 1.807) is 24.3 Å². The van der Waals surface area contributed by atoms with Gasteiger partial charge in [-0.2, -0.15) is 0 Å². The highest BCUT2D eigenvalue weighted by Crippen LogP contribution is 2.35. The summed E-state index contributed by atoms with van der Waals surface area (Å²) in [4.78, 5) is 0. The SMILES string of the molecule is CC/C(=C(/CC)c1ccc(O)c(N)c1)c1ccc(O)c(N)c1. The van der Waals surface area contributed by atoms with Gasteiger partial charge in [-0.25, -0.2) is 0 Å². The molecule has 0 fully saturated rings. The van der Waals surface area contributed by atoms with Gasteiger partial charge in [-0.05, 0) is 59.4 Å². The number of aromatic hydroxyl groups is 2. The van der Waals surface area contributed by atoms with Crippen molar-refractivity contribution in [1.29, 1.82) is 0 Å². The largest absolute Gasteiger partial charge is 0.506 e. The fraction of sp³-hybridized carbons (Fsp3) is 0.222. The highest BCUT2D eigenvalue weighted by molar-refractivity contribution is 5.92. The Balaban J connectivity index is 2.61. The third kappa shape index (κ3) is 3.01. The molecule has 0 heterocycles. The fourth-order valence-corrected chi connectivity index (χ4v) is 2.67. The van der Waals surface area contributed by atoms with Crippen LogP contribution in [0.1, 0.15) is 37.8 Å². The fourth-order valence-electron chi connectivity index (χ4n) is 2.67. The van der Waals surface area contributed by atoms with Gasteiger partial charge in [0, 0.05) is 0 Å². The summed E-state index contributed by atoms with van der Waals surface area (Å²) < 4.78 is 0. The van der Waals surface area contributed by atoms with Crippen molar-refractivity contribution in [3.63, 3.8) is 0 Å². The molecule has 4 heteroatoms. The second-order valence-electron chi connectivity index (χ2n) is 5.21. The van der Waals surface area contributed by atoms with Crippen LogP contribution < -0.4 is 11.5 Å². The van der Waals surface area contributed by atoms with Crippen LogP contribution in [0.15, 0.2) is 36.4 Å². The maximum Gasteiger partial charge on any atom is 0.138 e. The molecule has 2 aromatic carbocycles. The van der Waals surface area contributed by atoms with E-state index in [9.17, 15) is 10.2 Å². The van der Waals surface area contributed by atoms with Crippen molar-refractivity contribution in [3.05, 3.63) is 47.5 Å². The molecule has 0 amide bonds. The summed E-state index contributed by atoms with van der Waals surface area (Å²) in [7, 11) is 0. The Bertz CT molecular complexity index is 660. The predicted molar refractivity (Wildman–Crippen MR) is 92.4 cm³/mol. The van der Waals surface area contributed by atoms with E-state index < -0.39 is 0 Å². The minimum absolute atomic E-state index is 0.0890. The molecule has 0 aliphatic heterocycles. The second-order valence-corrected chi connectivity index (χ2v) is 5.21. The average Bonchev–Trinajstić information content (AvgIpc) is 2.50. The molecular formula is C18H22N2O2. The molecule has 2 rings (SSSR count). The molecule has 0 aliphatic carbocycles. The van der Waals surface area contributed by atoms with Gasteiger partial charge < -0.3 is 21.7 Å². The Morgan fingerprint density at radius 1 is 0.773 bits per heavy atom. The maximum atomic E-state index is 9.59. The number of hydrogen-bond acceptors (Lipinski definition) is 4. The molecule has 6 N–H and O–H groups in total. The second kappa shape index (κ2) is 6.43. The first-order valence-electron chi connectivity index (χ1n) is 7.37. The number of hydrogen-bond donors (Lipinski definition) is 4. The van der Waals surface area contributed by atoms with Gasteiger partial charge in [-0.1, -0.05) is 26.0 Å². The number of rotatable bonds is 4. The van der Waals surface area contributed by atoms with Crippen LogP contribution in [0.2, 0.25) is 0 Å². The van der Waals surface area contributed by atoms with Crippen molar-refractivity contribution in [2.45, 2.75) is 26.7 Å². The first kappa shape index (κ1) is 15.8. The predicted octanol–water partition coefficient (Wildman–Crippen LogP) is 3.99. The van der Waals surface area contributed by atoms with Crippen LogP contribution in [0.4, 0.5) is 11.4 Å². The smallest absolute Gasteiger partial charge is 0.138 e. The molecule has 0 unspecified atom stereocenters. The molecule has 4 nitrogen and oxygen atoms in total. The Kier molecular flexibility index (Phi) is 4.61. The minimum atomic E-state index is 0.0890. The molecule has 0 saturated heterocycles. The molecule has 0 aliphatic rings. The number of allylic oxidation sites excluding steroid dienone is 2. The number of phenols is 2. The zero-order valence-electron chi connectivity index (χ0n) is 12.9. The van der Waals surface area contributed by atoms with Gasteiger partial charge in [-0.15, -0.1) is 0 Å². The van der Waals surface area contributed by atoms with Gasteiger partial charge in [0.2, 0.25) is 0 Å². The van der Waals surface area contributed by atoms with Crippen LogP contribution in [0.5, 0.6) is 11.5 Å². The van der Waals surface area contributed by atoms with Crippen molar-refractivity contribution >= 4 is 22.5 Å². The molecule has 0 bridgehead atoms. The molecule has 0 atom stereocenters. The number of phenolic OH excluding ortho intramolecular Hbond substituents is 2. The average molecular weight is 298 g/mol. The van der Waals surface area contributed by atoms with Gasteiger partial charge in [0.1, 0.15) is 11.5 Å². The monoisotopic (exact) mass is 298 g/mol. The summed E-state index contributed by atoms with van der Waals surface area (Å²) in [6, 6.07) is 10.5. The number of anilines is 2. The topological polar surface area (TPSA) is 92.5 Å². The molecule has 116 valence electrons. The molecule has 2 aromatic rings. The lowest BCUT2D eigenvalue weighted by Gasteiger charge is -2.15. The summed E-state index contributed by atoms with van der Waals surface area (Å²) >= 11 is 0. The van der Waals surface area contributed by atoms with E-state index in [0.29, 0.717) is 11.4 Å². The summed E-state index contributed by atoms with van der Waals surface area (Å²) in [6.07, 6.45) is 1.66. The quantitative estimate of drug-likeness (QED) is 0.390. The van der Waals surface area contributed by atoms with Crippen molar-refractivity contribution in [2.75, 3.05) is 11.5 Å². The number of benzene rings is 2. The summed E-state index contributed by atoms with van der Waals surface area (Å²) in [6.45, 7) is 4.16. The van der Waals surface area contributed by atoms with Gasteiger partial charge in [0.15, 0.2) is 0 Å². The molecule has 0 spiro atoms. The normalized spacial score (nSPS) is 12.1. The first-order valence-corrected chi connectivity index (χ1v) is 7.37. The van der Waals surface area contributed by atoms with Gasteiger partial charge in [-0.3, -0.25) is 0 Å². The van der Waals surface area contributed by atoms with Crippen LogP contribution in [-0.4, -0.2) is 10.2 Å². The van der Waals surface area contributed by atoms with E-state index in [2.05, 4.69) is 13.8 Å². The number of nitrogen functional groups attached to an aromatic ring is 2. The van der Waals surface area contributed by atoms with Crippen LogP contribution in [0.3, 0.4) is 0 Å². The van der Waals surface area contributed by atoms with E-state index in [-0.39, 0.29) is 11.5 Å². The summed E-state index contributed by atoms with van der Waals surface area (Å²) in [5, 5.41) is 19.2.